The van der Waals surface area contributed by atoms with Gasteiger partial charge in [-0.25, -0.2) is 0 Å². The fraction of sp³-hybridized carbons (Fsp3) is 0.400. The van der Waals surface area contributed by atoms with Gasteiger partial charge in [0.2, 0.25) is 0 Å². The Kier molecular flexibility index (Phi) is 1.50. The number of hydrogen-bond acceptors (Lipinski definition) is 2. The minimum atomic E-state index is 0.224. The van der Waals surface area contributed by atoms with Gasteiger partial charge in [0, 0.05) is 17.5 Å². The second-order valence-corrected chi connectivity index (χ2v) is 3.33. The Morgan fingerprint density at radius 2 is 2.08 bits per heavy atom. The van der Waals surface area contributed by atoms with Crippen LogP contribution in [0.3, 0.4) is 0 Å². The molecule has 2 nitrogen and oxygen atoms in total. The molecule has 0 radical (unpaired) electrons. The van der Waals surface area contributed by atoms with Gasteiger partial charge in [0.1, 0.15) is 17.6 Å². The van der Waals surface area contributed by atoms with Gasteiger partial charge in [0.15, 0.2) is 0 Å². The van der Waals surface area contributed by atoms with E-state index in [9.17, 15) is 5.11 Å². The van der Waals surface area contributed by atoms with Crippen molar-refractivity contribution in [1.82, 2.24) is 0 Å². The number of ether oxygens (including phenoxy) is 1. The lowest BCUT2D eigenvalue weighted by Gasteiger charge is -2.06. The maximum Gasteiger partial charge on any atom is 0.127 e. The fourth-order valence-corrected chi connectivity index (χ4v) is 1.56. The van der Waals surface area contributed by atoms with Crippen LogP contribution in [0.2, 0.25) is 0 Å². The molecule has 0 saturated carbocycles. The summed E-state index contributed by atoms with van der Waals surface area (Å²) in [6, 6.07) is 5.31. The quantitative estimate of drug-likeness (QED) is 0.637. The van der Waals surface area contributed by atoms with Gasteiger partial charge in [-0.15, -0.1) is 0 Å². The molecule has 1 aromatic carbocycles. The summed E-state index contributed by atoms with van der Waals surface area (Å²) in [5, 5.41) is 9.19. The Morgan fingerprint density at radius 3 is 2.83 bits per heavy atom. The lowest BCUT2D eigenvalue weighted by Crippen LogP contribution is -2.10. The number of aromatic hydroxyl groups is 1. The topological polar surface area (TPSA) is 29.5 Å². The molecule has 0 fully saturated rings. The van der Waals surface area contributed by atoms with Crippen LogP contribution in [0.15, 0.2) is 18.2 Å². The van der Waals surface area contributed by atoms with E-state index >= 15 is 0 Å². The molecule has 2 atom stereocenters. The highest BCUT2D eigenvalue weighted by Crippen LogP contribution is 2.39. The summed E-state index contributed by atoms with van der Waals surface area (Å²) in [6.45, 7) is 4.18. The van der Waals surface area contributed by atoms with Crippen molar-refractivity contribution in [2.75, 3.05) is 0 Å². The van der Waals surface area contributed by atoms with Crippen molar-refractivity contribution in [1.29, 1.82) is 0 Å². The Hall–Kier alpha value is -1.18. The number of phenols is 1. The van der Waals surface area contributed by atoms with Crippen molar-refractivity contribution in [3.05, 3.63) is 23.8 Å². The van der Waals surface area contributed by atoms with Crippen LogP contribution < -0.4 is 4.74 Å². The third-order valence-corrected chi connectivity index (χ3v) is 2.50. The fourth-order valence-electron chi connectivity index (χ4n) is 1.56. The van der Waals surface area contributed by atoms with Gasteiger partial charge in [-0.3, -0.25) is 0 Å². The summed E-state index contributed by atoms with van der Waals surface area (Å²) in [5.41, 5.74) is 1.19. The molecular formula is C10H12O2. The normalized spacial score (nSPS) is 26.5. The zero-order chi connectivity index (χ0) is 8.72. The number of benzene rings is 1. The molecule has 1 N–H and O–H groups in total. The lowest BCUT2D eigenvalue weighted by atomic mass is 9.99. The average Bonchev–Trinajstić information content (AvgIpc) is 2.28. The highest BCUT2D eigenvalue weighted by Gasteiger charge is 2.27. The van der Waals surface area contributed by atoms with Gasteiger partial charge in [0.25, 0.3) is 0 Å². The molecule has 2 rings (SSSR count). The van der Waals surface area contributed by atoms with Gasteiger partial charge >= 0.3 is 0 Å². The van der Waals surface area contributed by atoms with Crippen LogP contribution in [-0.4, -0.2) is 11.2 Å². The molecule has 0 aliphatic carbocycles. The summed E-state index contributed by atoms with van der Waals surface area (Å²) in [7, 11) is 0. The van der Waals surface area contributed by atoms with Crippen LogP contribution in [0.1, 0.15) is 25.3 Å². The second kappa shape index (κ2) is 2.41. The van der Waals surface area contributed by atoms with Crippen LogP contribution in [0.25, 0.3) is 0 Å². The minimum absolute atomic E-state index is 0.224. The third-order valence-electron chi connectivity index (χ3n) is 2.50. The van der Waals surface area contributed by atoms with E-state index in [0.29, 0.717) is 5.92 Å². The van der Waals surface area contributed by atoms with Crippen LogP contribution in [0.4, 0.5) is 0 Å². The molecule has 0 bridgehead atoms. The molecule has 1 aliphatic heterocycles. The molecule has 64 valence electrons. The second-order valence-electron chi connectivity index (χ2n) is 3.33. The van der Waals surface area contributed by atoms with Crippen molar-refractivity contribution in [3.8, 4) is 11.5 Å². The standard InChI is InChI=1S/C10H12O2/c1-6-7(2)12-10-5-8(11)3-4-9(6)10/h3-7,11H,1-2H3. The summed E-state index contributed by atoms with van der Waals surface area (Å²) >= 11 is 0. The predicted octanol–water partition coefficient (Wildman–Crippen LogP) is 2.28. The van der Waals surface area contributed by atoms with Crippen LogP contribution in [0, 0.1) is 0 Å². The van der Waals surface area contributed by atoms with Crippen molar-refractivity contribution in [3.63, 3.8) is 0 Å². The van der Waals surface area contributed by atoms with E-state index in [0.717, 1.165) is 5.75 Å². The van der Waals surface area contributed by atoms with Crippen LogP contribution >= 0.6 is 0 Å². The summed E-state index contributed by atoms with van der Waals surface area (Å²) in [6.07, 6.45) is 0.224. The molecular weight excluding hydrogens is 152 g/mol. The van der Waals surface area contributed by atoms with Crippen molar-refractivity contribution in [2.24, 2.45) is 0 Å². The number of rotatable bonds is 0. The SMILES string of the molecule is CC1Oc2cc(O)ccc2C1C. The summed E-state index contributed by atoms with van der Waals surface area (Å²) in [5.74, 6) is 1.53. The Morgan fingerprint density at radius 1 is 1.33 bits per heavy atom. The maximum absolute atomic E-state index is 9.19. The van der Waals surface area contributed by atoms with Crippen molar-refractivity contribution in [2.45, 2.75) is 25.9 Å². The first-order chi connectivity index (χ1) is 5.68. The zero-order valence-electron chi connectivity index (χ0n) is 7.24. The highest BCUT2D eigenvalue weighted by molar-refractivity contribution is 5.45. The van der Waals surface area contributed by atoms with Crippen LogP contribution in [-0.2, 0) is 0 Å². The first-order valence-electron chi connectivity index (χ1n) is 4.18. The van der Waals surface area contributed by atoms with E-state index in [4.69, 9.17) is 4.74 Å². The van der Waals surface area contributed by atoms with Gasteiger partial charge in [-0.1, -0.05) is 13.0 Å². The first kappa shape index (κ1) is 7.47. The third kappa shape index (κ3) is 0.951. The monoisotopic (exact) mass is 164 g/mol. The average molecular weight is 164 g/mol. The zero-order valence-corrected chi connectivity index (χ0v) is 7.24. The molecule has 0 saturated heterocycles. The number of phenolic OH excluding ortho intramolecular Hbond substituents is 1. The summed E-state index contributed by atoms with van der Waals surface area (Å²) in [4.78, 5) is 0. The molecule has 2 unspecified atom stereocenters. The molecule has 2 heteroatoms. The Labute approximate surface area is 71.8 Å². The van der Waals surface area contributed by atoms with Gasteiger partial charge in [-0.2, -0.15) is 0 Å². The predicted molar refractivity (Wildman–Crippen MR) is 46.6 cm³/mol. The molecule has 1 aliphatic rings. The summed E-state index contributed by atoms with van der Waals surface area (Å²) < 4.78 is 5.54. The number of hydrogen-bond donors (Lipinski definition) is 1. The number of fused-ring (bicyclic) bond motifs is 1. The maximum atomic E-state index is 9.19. The lowest BCUT2D eigenvalue weighted by molar-refractivity contribution is 0.232. The Balaban J connectivity index is 2.47. The van der Waals surface area contributed by atoms with Crippen molar-refractivity contribution >= 4 is 0 Å². The molecule has 0 amide bonds. The van der Waals surface area contributed by atoms with E-state index in [1.807, 2.05) is 13.0 Å². The van der Waals surface area contributed by atoms with E-state index in [1.54, 1.807) is 12.1 Å². The van der Waals surface area contributed by atoms with Gasteiger partial charge in [-0.05, 0) is 13.0 Å². The highest BCUT2D eigenvalue weighted by atomic mass is 16.5. The van der Waals surface area contributed by atoms with E-state index < -0.39 is 0 Å². The smallest absolute Gasteiger partial charge is 0.127 e. The first-order valence-corrected chi connectivity index (χ1v) is 4.18. The molecule has 1 heterocycles. The van der Waals surface area contributed by atoms with Gasteiger partial charge < -0.3 is 9.84 Å². The molecule has 1 aromatic rings. The molecule has 0 spiro atoms. The van der Waals surface area contributed by atoms with Crippen molar-refractivity contribution < 1.29 is 9.84 Å². The van der Waals surface area contributed by atoms with Gasteiger partial charge in [0.05, 0.1) is 0 Å². The van der Waals surface area contributed by atoms with E-state index in [-0.39, 0.29) is 11.9 Å². The molecule has 0 aromatic heterocycles. The Bertz CT molecular complexity index is 307. The van der Waals surface area contributed by atoms with E-state index in [2.05, 4.69) is 6.92 Å². The molecule has 12 heavy (non-hydrogen) atoms. The van der Waals surface area contributed by atoms with Crippen LogP contribution in [0.5, 0.6) is 11.5 Å². The van der Waals surface area contributed by atoms with E-state index in [1.165, 1.54) is 5.56 Å². The minimum Gasteiger partial charge on any atom is -0.508 e. The largest absolute Gasteiger partial charge is 0.508 e.